The first-order valence-electron chi connectivity index (χ1n) is 7.58. The number of rotatable bonds is 3. The fourth-order valence-corrected chi connectivity index (χ4v) is 2.94. The third kappa shape index (κ3) is 3.17. The highest BCUT2D eigenvalue weighted by Crippen LogP contribution is 2.19. The Kier molecular flexibility index (Phi) is 4.44. The Morgan fingerprint density at radius 3 is 2.30 bits per heavy atom. The lowest BCUT2D eigenvalue weighted by Crippen LogP contribution is -2.56. The second-order valence-corrected chi connectivity index (χ2v) is 6.89. The molecule has 0 N–H and O–H groups in total. The van der Waals surface area contributed by atoms with Gasteiger partial charge in [0.25, 0.3) is 0 Å². The number of aromatic nitrogens is 4. The quantitative estimate of drug-likeness (QED) is 0.836. The van der Waals surface area contributed by atoms with Crippen LogP contribution in [-0.2, 0) is 12.1 Å². The number of likely N-dealkylation sites (N-methyl/N-ethyl adjacent to an activating group) is 1. The summed E-state index contributed by atoms with van der Waals surface area (Å²) in [6.07, 6.45) is 0. The maximum absolute atomic E-state index is 4.22. The van der Waals surface area contributed by atoms with Crippen molar-refractivity contribution in [2.24, 2.45) is 0 Å². The van der Waals surface area contributed by atoms with Crippen molar-refractivity contribution in [2.75, 3.05) is 19.6 Å². The highest BCUT2D eigenvalue weighted by atomic mass is 15.6. The summed E-state index contributed by atoms with van der Waals surface area (Å²) in [5.74, 6) is 0.960. The standard InChI is InChI=1S/C14H28N6/c1-7-18-8-12(3)19(9-11(18)2)10-13-15-16-17-20(13)14(4,5)6/h11-12H,7-10H2,1-6H3. The largest absolute Gasteiger partial charge is 0.298 e. The van der Waals surface area contributed by atoms with Crippen LogP contribution < -0.4 is 0 Å². The molecule has 2 atom stereocenters. The summed E-state index contributed by atoms with van der Waals surface area (Å²) in [6, 6.07) is 1.13. The molecule has 0 spiro atoms. The average Bonchev–Trinajstić information content (AvgIpc) is 2.81. The molecule has 0 aliphatic carbocycles. The molecular weight excluding hydrogens is 252 g/mol. The fraction of sp³-hybridized carbons (Fsp3) is 0.929. The van der Waals surface area contributed by atoms with Crippen LogP contribution in [0, 0.1) is 0 Å². The Morgan fingerprint density at radius 2 is 1.70 bits per heavy atom. The molecule has 6 nitrogen and oxygen atoms in total. The van der Waals surface area contributed by atoms with Crippen LogP contribution in [0.4, 0.5) is 0 Å². The van der Waals surface area contributed by atoms with Crippen molar-refractivity contribution >= 4 is 0 Å². The lowest BCUT2D eigenvalue weighted by Gasteiger charge is -2.43. The Balaban J connectivity index is 2.09. The van der Waals surface area contributed by atoms with Gasteiger partial charge in [0.1, 0.15) is 0 Å². The van der Waals surface area contributed by atoms with Gasteiger partial charge in [0, 0.05) is 25.2 Å². The Hall–Kier alpha value is -1.01. The molecule has 0 amide bonds. The van der Waals surface area contributed by atoms with E-state index in [4.69, 9.17) is 0 Å². The fourth-order valence-electron chi connectivity index (χ4n) is 2.94. The highest BCUT2D eigenvalue weighted by Gasteiger charge is 2.30. The smallest absolute Gasteiger partial charge is 0.165 e. The molecule has 2 unspecified atom stereocenters. The topological polar surface area (TPSA) is 50.1 Å². The second kappa shape index (κ2) is 5.77. The van der Waals surface area contributed by atoms with Crippen LogP contribution in [0.3, 0.4) is 0 Å². The summed E-state index contributed by atoms with van der Waals surface area (Å²) in [4.78, 5) is 5.03. The molecule has 114 valence electrons. The second-order valence-electron chi connectivity index (χ2n) is 6.89. The number of hydrogen-bond acceptors (Lipinski definition) is 5. The average molecular weight is 280 g/mol. The van der Waals surface area contributed by atoms with Crippen molar-refractivity contribution < 1.29 is 0 Å². The maximum Gasteiger partial charge on any atom is 0.165 e. The molecule has 0 saturated carbocycles. The van der Waals surface area contributed by atoms with Crippen LogP contribution in [0.5, 0.6) is 0 Å². The van der Waals surface area contributed by atoms with Gasteiger partial charge >= 0.3 is 0 Å². The van der Waals surface area contributed by atoms with Crippen LogP contribution in [0.25, 0.3) is 0 Å². The van der Waals surface area contributed by atoms with Gasteiger partial charge in [0.05, 0.1) is 12.1 Å². The summed E-state index contributed by atoms with van der Waals surface area (Å²) in [5, 5.41) is 12.2. The van der Waals surface area contributed by atoms with E-state index in [1.54, 1.807) is 0 Å². The van der Waals surface area contributed by atoms with Crippen LogP contribution in [0.2, 0.25) is 0 Å². The first-order valence-corrected chi connectivity index (χ1v) is 7.58. The lowest BCUT2D eigenvalue weighted by atomic mass is 10.1. The molecule has 1 fully saturated rings. The van der Waals surface area contributed by atoms with E-state index in [0.29, 0.717) is 12.1 Å². The maximum atomic E-state index is 4.22. The molecule has 0 bridgehead atoms. The zero-order chi connectivity index (χ0) is 14.9. The summed E-state index contributed by atoms with van der Waals surface area (Å²) in [6.45, 7) is 17.4. The zero-order valence-corrected chi connectivity index (χ0v) is 13.7. The third-order valence-corrected chi connectivity index (χ3v) is 4.16. The lowest BCUT2D eigenvalue weighted by molar-refractivity contribution is 0.0378. The number of hydrogen-bond donors (Lipinski definition) is 0. The first-order chi connectivity index (χ1) is 9.32. The van der Waals surface area contributed by atoms with Crippen LogP contribution >= 0.6 is 0 Å². The minimum Gasteiger partial charge on any atom is -0.298 e. The van der Waals surface area contributed by atoms with Crippen molar-refractivity contribution in [3.05, 3.63) is 5.82 Å². The third-order valence-electron chi connectivity index (χ3n) is 4.16. The van der Waals surface area contributed by atoms with Gasteiger partial charge in [-0.25, -0.2) is 4.68 Å². The Bertz CT molecular complexity index is 435. The summed E-state index contributed by atoms with van der Waals surface area (Å²) < 4.78 is 1.94. The monoisotopic (exact) mass is 280 g/mol. The van der Waals surface area contributed by atoms with Gasteiger partial charge in [-0.1, -0.05) is 6.92 Å². The van der Waals surface area contributed by atoms with Crippen LogP contribution in [0.15, 0.2) is 0 Å². The Morgan fingerprint density at radius 1 is 1.10 bits per heavy atom. The van der Waals surface area contributed by atoms with E-state index in [1.807, 2.05) is 4.68 Å². The molecule has 1 aliphatic rings. The van der Waals surface area contributed by atoms with Gasteiger partial charge in [-0.2, -0.15) is 0 Å². The van der Waals surface area contributed by atoms with Gasteiger partial charge < -0.3 is 0 Å². The normalized spacial score (nSPS) is 26.1. The van der Waals surface area contributed by atoms with E-state index in [2.05, 4.69) is 66.9 Å². The van der Waals surface area contributed by atoms with E-state index < -0.39 is 0 Å². The molecule has 6 heteroatoms. The van der Waals surface area contributed by atoms with Gasteiger partial charge in [0.15, 0.2) is 5.82 Å². The minimum atomic E-state index is -0.0705. The van der Waals surface area contributed by atoms with Gasteiger partial charge in [-0.3, -0.25) is 9.80 Å². The predicted molar refractivity (Wildman–Crippen MR) is 79.4 cm³/mol. The van der Waals surface area contributed by atoms with Gasteiger partial charge in [-0.05, 0) is 51.6 Å². The van der Waals surface area contributed by atoms with Crippen molar-refractivity contribution in [1.29, 1.82) is 0 Å². The van der Waals surface area contributed by atoms with Crippen LogP contribution in [-0.4, -0.2) is 61.7 Å². The minimum absolute atomic E-state index is 0.0705. The molecule has 1 aromatic heterocycles. The van der Waals surface area contributed by atoms with E-state index >= 15 is 0 Å². The van der Waals surface area contributed by atoms with Crippen molar-refractivity contribution in [3.63, 3.8) is 0 Å². The number of nitrogens with zero attached hydrogens (tertiary/aromatic N) is 6. The molecule has 0 radical (unpaired) electrons. The van der Waals surface area contributed by atoms with Gasteiger partial charge in [-0.15, -0.1) is 5.10 Å². The first kappa shape index (κ1) is 15.4. The van der Waals surface area contributed by atoms with Gasteiger partial charge in [0.2, 0.25) is 0 Å². The summed E-state index contributed by atoms with van der Waals surface area (Å²) in [5.41, 5.74) is -0.0705. The molecule has 1 aromatic rings. The molecular formula is C14H28N6. The van der Waals surface area contributed by atoms with E-state index in [-0.39, 0.29) is 5.54 Å². The molecule has 1 aliphatic heterocycles. The predicted octanol–water partition coefficient (Wildman–Crippen LogP) is 1.34. The molecule has 2 heterocycles. The van der Waals surface area contributed by atoms with Crippen molar-refractivity contribution in [1.82, 2.24) is 30.0 Å². The van der Waals surface area contributed by atoms with E-state index in [9.17, 15) is 0 Å². The zero-order valence-electron chi connectivity index (χ0n) is 13.7. The molecule has 2 rings (SSSR count). The molecule has 0 aromatic carbocycles. The van der Waals surface area contributed by atoms with Crippen molar-refractivity contribution in [2.45, 2.75) is 65.7 Å². The summed E-state index contributed by atoms with van der Waals surface area (Å²) >= 11 is 0. The SMILES string of the molecule is CCN1CC(C)N(Cc2nnnn2C(C)(C)C)CC1C. The number of tetrazole rings is 1. The number of piperazine rings is 1. The summed E-state index contributed by atoms with van der Waals surface area (Å²) in [7, 11) is 0. The molecule has 20 heavy (non-hydrogen) atoms. The Labute approximate surface area is 122 Å². The highest BCUT2D eigenvalue weighted by molar-refractivity contribution is 4.91. The van der Waals surface area contributed by atoms with E-state index in [1.165, 1.54) is 0 Å². The van der Waals surface area contributed by atoms with Crippen LogP contribution in [0.1, 0.15) is 47.4 Å². The molecule has 1 saturated heterocycles. The van der Waals surface area contributed by atoms with Crippen molar-refractivity contribution in [3.8, 4) is 0 Å². The van der Waals surface area contributed by atoms with E-state index in [0.717, 1.165) is 32.0 Å².